The van der Waals surface area contributed by atoms with Crippen molar-refractivity contribution in [2.45, 2.75) is 38.7 Å². The predicted octanol–water partition coefficient (Wildman–Crippen LogP) is 2.05. The average molecular weight is 166 g/mol. The van der Waals surface area contributed by atoms with Gasteiger partial charge in [0.2, 0.25) is 0 Å². The lowest BCUT2D eigenvalue weighted by Crippen LogP contribution is -2.28. The Bertz CT molecular complexity index is 193. The maximum Gasteiger partial charge on any atom is 0.0566 e. The molecule has 0 amide bonds. The van der Waals surface area contributed by atoms with Crippen molar-refractivity contribution >= 4 is 0 Å². The summed E-state index contributed by atoms with van der Waals surface area (Å²) in [5.41, 5.74) is 0. The van der Waals surface area contributed by atoms with Crippen LogP contribution in [0.15, 0.2) is 0 Å². The van der Waals surface area contributed by atoms with E-state index < -0.39 is 0 Å². The van der Waals surface area contributed by atoms with Crippen LogP contribution < -0.4 is 0 Å². The van der Waals surface area contributed by atoms with Gasteiger partial charge in [0.15, 0.2) is 0 Å². The highest BCUT2D eigenvalue weighted by Gasteiger charge is 2.66. The minimum Gasteiger partial charge on any atom is -0.393 e. The van der Waals surface area contributed by atoms with E-state index in [0.717, 1.165) is 30.1 Å². The molecule has 3 aliphatic rings. The molecule has 0 saturated heterocycles. The third-order valence-corrected chi connectivity index (χ3v) is 4.45. The lowest BCUT2D eigenvalue weighted by Gasteiger charge is -2.32. The van der Waals surface area contributed by atoms with Crippen molar-refractivity contribution < 1.29 is 5.11 Å². The maximum absolute atomic E-state index is 9.57. The molecule has 1 N–H and O–H groups in total. The molecule has 0 aromatic heterocycles. The summed E-state index contributed by atoms with van der Waals surface area (Å²) >= 11 is 0. The van der Waals surface area contributed by atoms with Crippen molar-refractivity contribution in [3.05, 3.63) is 0 Å². The molecule has 68 valence electrons. The molecule has 0 aromatic rings. The molecule has 3 fully saturated rings. The van der Waals surface area contributed by atoms with Gasteiger partial charge in [0.25, 0.3) is 0 Å². The Kier molecular flexibility index (Phi) is 1.39. The van der Waals surface area contributed by atoms with Gasteiger partial charge in [0, 0.05) is 0 Å². The van der Waals surface area contributed by atoms with E-state index in [1.807, 2.05) is 0 Å². The van der Waals surface area contributed by atoms with Gasteiger partial charge in [-0.2, -0.15) is 0 Å². The number of fused-ring (bicyclic) bond motifs is 1. The molecule has 0 aromatic carbocycles. The fourth-order valence-electron chi connectivity index (χ4n) is 3.30. The van der Waals surface area contributed by atoms with Gasteiger partial charge in [-0.15, -0.1) is 0 Å². The molecule has 1 nitrogen and oxygen atoms in total. The van der Waals surface area contributed by atoms with Crippen molar-refractivity contribution in [3.63, 3.8) is 0 Å². The summed E-state index contributed by atoms with van der Waals surface area (Å²) in [5, 5.41) is 9.57. The summed E-state index contributed by atoms with van der Waals surface area (Å²) in [5.74, 6) is 4.98. The van der Waals surface area contributed by atoms with Crippen molar-refractivity contribution in [2.24, 2.45) is 29.6 Å². The second-order valence-corrected chi connectivity index (χ2v) is 5.26. The second kappa shape index (κ2) is 2.25. The van der Waals surface area contributed by atoms with Gasteiger partial charge in [-0.1, -0.05) is 6.92 Å². The third kappa shape index (κ3) is 0.953. The number of rotatable bonds is 1. The molecule has 1 heteroatoms. The Morgan fingerprint density at radius 2 is 1.83 bits per heavy atom. The summed E-state index contributed by atoms with van der Waals surface area (Å²) in [6.07, 6.45) is 5.23. The number of aliphatic hydroxyl groups is 1. The van der Waals surface area contributed by atoms with Crippen LogP contribution in [0.2, 0.25) is 0 Å². The first-order chi connectivity index (χ1) is 5.77. The summed E-state index contributed by atoms with van der Waals surface area (Å²) in [4.78, 5) is 0. The Balaban J connectivity index is 1.60. The van der Waals surface area contributed by atoms with Crippen LogP contribution >= 0.6 is 0 Å². The smallest absolute Gasteiger partial charge is 0.0566 e. The number of aliphatic hydroxyl groups excluding tert-OH is 1. The van der Waals surface area contributed by atoms with Crippen LogP contribution in [0.3, 0.4) is 0 Å². The van der Waals surface area contributed by atoms with Crippen LogP contribution in [0.4, 0.5) is 0 Å². The zero-order valence-electron chi connectivity index (χ0n) is 7.74. The van der Waals surface area contributed by atoms with Crippen molar-refractivity contribution in [3.8, 4) is 0 Å². The molecule has 0 radical (unpaired) electrons. The van der Waals surface area contributed by atoms with E-state index in [9.17, 15) is 5.11 Å². The molecule has 0 heterocycles. The average Bonchev–Trinajstić information content (AvgIpc) is 2.83. The highest BCUT2D eigenvalue weighted by atomic mass is 16.3. The van der Waals surface area contributed by atoms with Gasteiger partial charge in [-0.3, -0.25) is 0 Å². The van der Waals surface area contributed by atoms with Crippen LogP contribution in [0, 0.1) is 29.6 Å². The highest BCUT2D eigenvalue weighted by molar-refractivity contribution is 5.14. The molecule has 3 saturated carbocycles. The second-order valence-electron chi connectivity index (χ2n) is 5.26. The monoisotopic (exact) mass is 166 g/mol. The van der Waals surface area contributed by atoms with E-state index in [4.69, 9.17) is 0 Å². The van der Waals surface area contributed by atoms with Crippen LogP contribution in [0.1, 0.15) is 32.6 Å². The van der Waals surface area contributed by atoms with Crippen molar-refractivity contribution in [1.82, 2.24) is 0 Å². The van der Waals surface area contributed by atoms with E-state index in [0.29, 0.717) is 5.92 Å². The fourth-order valence-corrected chi connectivity index (χ4v) is 3.30. The third-order valence-electron chi connectivity index (χ3n) is 4.45. The molecule has 3 aliphatic carbocycles. The van der Waals surface area contributed by atoms with E-state index in [1.165, 1.54) is 19.3 Å². The van der Waals surface area contributed by atoms with E-state index in [-0.39, 0.29) is 6.10 Å². The summed E-state index contributed by atoms with van der Waals surface area (Å²) < 4.78 is 0. The van der Waals surface area contributed by atoms with Gasteiger partial charge in [-0.25, -0.2) is 0 Å². The molecule has 3 rings (SSSR count). The number of hydrogen-bond donors (Lipinski definition) is 1. The summed E-state index contributed by atoms with van der Waals surface area (Å²) in [7, 11) is 0. The van der Waals surface area contributed by atoms with Crippen LogP contribution in [0.25, 0.3) is 0 Å². The minimum absolute atomic E-state index is 0.0105. The molecular weight excluding hydrogens is 148 g/mol. The van der Waals surface area contributed by atoms with Crippen LogP contribution in [0.5, 0.6) is 0 Å². The lowest BCUT2D eigenvalue weighted by molar-refractivity contribution is 0.0476. The standard InChI is InChI=1S/C11H18O/c1-6-4-7(2-3-10(6)12)11-8-5-9(8)11/h6-12H,2-5H2,1H3. The maximum atomic E-state index is 9.57. The first kappa shape index (κ1) is 7.37. The SMILES string of the molecule is CC1CC(C2C3CC32)CCC1O. The quantitative estimate of drug-likeness (QED) is 0.632. The molecule has 0 bridgehead atoms. The fraction of sp³-hybridized carbons (Fsp3) is 1.00. The summed E-state index contributed by atoms with van der Waals surface area (Å²) in [6, 6.07) is 0. The Labute approximate surface area is 74.2 Å². The van der Waals surface area contributed by atoms with Crippen molar-refractivity contribution in [1.29, 1.82) is 0 Å². The molecule has 0 aliphatic heterocycles. The Morgan fingerprint density at radius 1 is 1.08 bits per heavy atom. The normalized spacial score (nSPS) is 62.5. The molecule has 5 atom stereocenters. The van der Waals surface area contributed by atoms with Gasteiger partial charge >= 0.3 is 0 Å². The lowest BCUT2D eigenvalue weighted by atomic mass is 9.76. The molecule has 0 spiro atoms. The van der Waals surface area contributed by atoms with Crippen LogP contribution in [-0.2, 0) is 0 Å². The highest BCUT2D eigenvalue weighted by Crippen LogP contribution is 2.72. The minimum atomic E-state index is 0.0105. The Morgan fingerprint density at radius 3 is 2.33 bits per heavy atom. The molecule has 12 heavy (non-hydrogen) atoms. The summed E-state index contributed by atoms with van der Waals surface area (Å²) in [6.45, 7) is 2.21. The van der Waals surface area contributed by atoms with Gasteiger partial charge < -0.3 is 5.11 Å². The van der Waals surface area contributed by atoms with Crippen molar-refractivity contribution in [2.75, 3.05) is 0 Å². The van der Waals surface area contributed by atoms with Gasteiger partial charge in [-0.05, 0) is 55.3 Å². The van der Waals surface area contributed by atoms with Gasteiger partial charge in [0.05, 0.1) is 6.10 Å². The van der Waals surface area contributed by atoms with E-state index >= 15 is 0 Å². The zero-order chi connectivity index (χ0) is 8.29. The van der Waals surface area contributed by atoms with E-state index in [1.54, 1.807) is 0 Å². The first-order valence-corrected chi connectivity index (χ1v) is 5.45. The molecule has 5 unspecified atom stereocenters. The predicted molar refractivity (Wildman–Crippen MR) is 47.6 cm³/mol. The Hall–Kier alpha value is -0.0400. The van der Waals surface area contributed by atoms with Crippen LogP contribution in [-0.4, -0.2) is 11.2 Å². The topological polar surface area (TPSA) is 20.2 Å². The van der Waals surface area contributed by atoms with E-state index in [2.05, 4.69) is 6.92 Å². The zero-order valence-corrected chi connectivity index (χ0v) is 7.74. The molecular formula is C11H18O. The van der Waals surface area contributed by atoms with Gasteiger partial charge in [0.1, 0.15) is 0 Å². The largest absolute Gasteiger partial charge is 0.393 e. The first-order valence-electron chi connectivity index (χ1n) is 5.45. The number of hydrogen-bond acceptors (Lipinski definition) is 1.